The van der Waals surface area contributed by atoms with Crippen LogP contribution in [0.25, 0.3) is 0 Å². The van der Waals surface area contributed by atoms with Gasteiger partial charge in [-0.25, -0.2) is 0 Å². The fourth-order valence-corrected chi connectivity index (χ4v) is 6.96. The Balaban J connectivity index is 0.00000166. The van der Waals surface area contributed by atoms with Gasteiger partial charge in [0.2, 0.25) is 0 Å². The maximum atomic E-state index is 10.5. The topological polar surface area (TPSA) is 40.5 Å². The van der Waals surface area contributed by atoms with Gasteiger partial charge in [-0.05, 0) is 87.7 Å². The van der Waals surface area contributed by atoms with E-state index in [4.69, 9.17) is 0 Å². The summed E-state index contributed by atoms with van der Waals surface area (Å²) in [6.45, 7) is 10.7. The van der Waals surface area contributed by atoms with Crippen molar-refractivity contribution in [1.29, 1.82) is 0 Å². The van der Waals surface area contributed by atoms with Crippen molar-refractivity contribution in [3.8, 4) is 0 Å². The van der Waals surface area contributed by atoms with Gasteiger partial charge in [0.1, 0.15) is 0 Å². The van der Waals surface area contributed by atoms with E-state index in [0.29, 0.717) is 11.3 Å². The first-order valence-electron chi connectivity index (χ1n) is 13.0. The van der Waals surface area contributed by atoms with Crippen molar-refractivity contribution >= 4 is 11.8 Å². The number of fused-ring (bicyclic) bond motifs is 1. The van der Waals surface area contributed by atoms with Gasteiger partial charge in [-0.2, -0.15) is 11.8 Å². The summed E-state index contributed by atoms with van der Waals surface area (Å²) in [4.78, 5) is 0. The third-order valence-electron chi connectivity index (χ3n) is 8.06. The van der Waals surface area contributed by atoms with Crippen LogP contribution in [0.3, 0.4) is 0 Å². The number of thioether (sulfide) groups is 1. The minimum absolute atomic E-state index is 0.125. The van der Waals surface area contributed by atoms with E-state index in [0.717, 1.165) is 56.5 Å². The van der Waals surface area contributed by atoms with Gasteiger partial charge >= 0.3 is 0 Å². The molecule has 0 radical (unpaired) electrons. The average molecular weight is 449 g/mol. The molecule has 3 heteroatoms. The lowest BCUT2D eigenvalue weighted by molar-refractivity contribution is 0.0297. The Hall–Kier alpha value is -0.510. The molecule has 3 aliphatic carbocycles. The molecule has 3 rings (SSSR count). The van der Waals surface area contributed by atoms with E-state index in [9.17, 15) is 10.2 Å². The number of hydrogen-bond acceptors (Lipinski definition) is 3. The van der Waals surface area contributed by atoms with Crippen LogP contribution >= 0.6 is 11.8 Å². The summed E-state index contributed by atoms with van der Waals surface area (Å²) in [7, 11) is 0. The standard InChI is InChI=1S/C26H42O2S.C2H6/c1-4-26(28,5-2)16-17-29-19-22-13-14-24-21(9-7-15-25(22,24)3)12-11-20-8-6-10-23(27)18-20;1-2/h11-13,23-24,27-28H,4-10,14-19H2,1-3H3;1-2H3/b20-11-,21-12+;. The van der Waals surface area contributed by atoms with Crippen molar-refractivity contribution < 1.29 is 10.2 Å². The monoisotopic (exact) mass is 448 g/mol. The third-order valence-corrected chi connectivity index (χ3v) is 9.07. The van der Waals surface area contributed by atoms with E-state index in [1.54, 1.807) is 11.1 Å². The number of aliphatic hydroxyl groups is 2. The predicted molar refractivity (Wildman–Crippen MR) is 138 cm³/mol. The summed E-state index contributed by atoms with van der Waals surface area (Å²) < 4.78 is 0. The van der Waals surface area contributed by atoms with Gasteiger partial charge in [0.25, 0.3) is 0 Å². The van der Waals surface area contributed by atoms with Gasteiger partial charge < -0.3 is 10.2 Å². The molecule has 2 fully saturated rings. The van der Waals surface area contributed by atoms with E-state index in [1.165, 1.54) is 31.3 Å². The summed E-state index contributed by atoms with van der Waals surface area (Å²) >= 11 is 2.01. The van der Waals surface area contributed by atoms with Gasteiger partial charge in [0.05, 0.1) is 11.7 Å². The second-order valence-corrected chi connectivity index (χ2v) is 10.9. The highest BCUT2D eigenvalue weighted by molar-refractivity contribution is 7.99. The first-order valence-corrected chi connectivity index (χ1v) is 14.1. The molecule has 0 aliphatic heterocycles. The summed E-state index contributed by atoms with van der Waals surface area (Å²) in [6, 6.07) is 0. The number of aliphatic hydroxyl groups excluding tert-OH is 1. The van der Waals surface area contributed by atoms with E-state index in [2.05, 4.69) is 39.0 Å². The molecule has 0 spiro atoms. The van der Waals surface area contributed by atoms with Gasteiger partial charge in [-0.1, -0.05) is 69.6 Å². The average Bonchev–Trinajstić information content (AvgIpc) is 3.13. The van der Waals surface area contributed by atoms with Crippen LogP contribution in [0.2, 0.25) is 0 Å². The second kappa shape index (κ2) is 12.7. The van der Waals surface area contributed by atoms with E-state index in [1.807, 2.05) is 25.6 Å². The lowest BCUT2D eigenvalue weighted by atomic mass is 9.64. The normalized spacial score (nSPS) is 31.3. The smallest absolute Gasteiger partial charge is 0.0650 e. The van der Waals surface area contributed by atoms with Crippen LogP contribution in [-0.4, -0.2) is 33.4 Å². The summed E-state index contributed by atoms with van der Waals surface area (Å²) in [5.41, 5.74) is 4.58. The van der Waals surface area contributed by atoms with Crippen LogP contribution in [-0.2, 0) is 0 Å². The molecule has 3 aliphatic rings. The zero-order valence-corrected chi connectivity index (χ0v) is 21.7. The lowest BCUT2D eigenvalue weighted by Crippen LogP contribution is -2.31. The molecule has 0 aromatic heterocycles. The Kier molecular flexibility index (Phi) is 10.9. The first kappa shape index (κ1) is 26.7. The molecule has 2 saturated carbocycles. The SMILES string of the molecule is CC.CCC(O)(CC)CCSCC1=CCC2/C(=C/C=C3/CCCC(O)C3)CCCC12C. The second-order valence-electron chi connectivity index (χ2n) is 9.84. The molecule has 0 amide bonds. The molecule has 178 valence electrons. The van der Waals surface area contributed by atoms with Crippen molar-refractivity contribution in [3.63, 3.8) is 0 Å². The molecule has 31 heavy (non-hydrogen) atoms. The van der Waals surface area contributed by atoms with Crippen molar-refractivity contribution in [2.75, 3.05) is 11.5 Å². The summed E-state index contributed by atoms with van der Waals surface area (Å²) in [5.74, 6) is 2.84. The first-order chi connectivity index (χ1) is 14.9. The zero-order valence-electron chi connectivity index (χ0n) is 20.9. The van der Waals surface area contributed by atoms with Crippen LogP contribution < -0.4 is 0 Å². The Bertz CT molecular complexity index is 643. The Morgan fingerprint density at radius 2 is 1.90 bits per heavy atom. The van der Waals surface area contributed by atoms with Crippen LogP contribution in [0.1, 0.15) is 105 Å². The molecule has 0 heterocycles. The molecule has 2 N–H and O–H groups in total. The molecule has 2 nitrogen and oxygen atoms in total. The van der Waals surface area contributed by atoms with Crippen molar-refractivity contribution in [2.24, 2.45) is 11.3 Å². The largest absolute Gasteiger partial charge is 0.393 e. The number of rotatable bonds is 8. The highest BCUT2D eigenvalue weighted by atomic mass is 32.2. The Morgan fingerprint density at radius 3 is 2.58 bits per heavy atom. The maximum absolute atomic E-state index is 10.5. The molecule has 3 unspecified atom stereocenters. The number of hydrogen-bond donors (Lipinski definition) is 2. The molecular weight excluding hydrogens is 400 g/mol. The molecule has 0 bridgehead atoms. The minimum atomic E-state index is -0.468. The predicted octanol–water partition coefficient (Wildman–Crippen LogP) is 7.61. The summed E-state index contributed by atoms with van der Waals surface area (Å²) in [5, 5.41) is 20.5. The van der Waals surface area contributed by atoms with Crippen LogP contribution in [0.15, 0.2) is 34.9 Å². The quantitative estimate of drug-likeness (QED) is 0.296. The number of allylic oxidation sites excluding steroid dienone is 4. The van der Waals surface area contributed by atoms with Crippen LogP contribution in [0.4, 0.5) is 0 Å². The van der Waals surface area contributed by atoms with Crippen molar-refractivity contribution in [1.82, 2.24) is 0 Å². The Labute approximate surface area is 196 Å². The molecule has 0 aromatic carbocycles. The maximum Gasteiger partial charge on any atom is 0.0650 e. The molecule has 0 saturated heterocycles. The van der Waals surface area contributed by atoms with E-state index in [-0.39, 0.29) is 6.10 Å². The zero-order chi connectivity index (χ0) is 22.9. The highest BCUT2D eigenvalue weighted by Gasteiger charge is 2.44. The van der Waals surface area contributed by atoms with Crippen LogP contribution in [0.5, 0.6) is 0 Å². The Morgan fingerprint density at radius 1 is 1.16 bits per heavy atom. The van der Waals surface area contributed by atoms with Crippen molar-refractivity contribution in [2.45, 2.75) is 117 Å². The lowest BCUT2D eigenvalue weighted by Gasteiger charge is -2.41. The highest BCUT2D eigenvalue weighted by Crippen LogP contribution is 2.55. The van der Waals surface area contributed by atoms with Gasteiger partial charge in [0, 0.05) is 5.75 Å². The fourth-order valence-electron chi connectivity index (χ4n) is 5.63. The van der Waals surface area contributed by atoms with Gasteiger partial charge in [-0.3, -0.25) is 0 Å². The van der Waals surface area contributed by atoms with Crippen LogP contribution in [0, 0.1) is 11.3 Å². The molecular formula is C28H48O2S. The van der Waals surface area contributed by atoms with E-state index >= 15 is 0 Å². The molecule has 0 aromatic rings. The minimum Gasteiger partial charge on any atom is -0.393 e. The van der Waals surface area contributed by atoms with Gasteiger partial charge in [0.15, 0.2) is 0 Å². The molecule has 3 atom stereocenters. The van der Waals surface area contributed by atoms with E-state index < -0.39 is 5.60 Å². The summed E-state index contributed by atoms with van der Waals surface area (Å²) in [6.07, 6.45) is 18.9. The fraction of sp³-hybridized carbons (Fsp3) is 0.786. The van der Waals surface area contributed by atoms with Gasteiger partial charge in [-0.15, -0.1) is 0 Å². The van der Waals surface area contributed by atoms with Crippen molar-refractivity contribution in [3.05, 3.63) is 34.9 Å². The third kappa shape index (κ3) is 6.98.